The normalized spacial score (nSPS) is 10.2. The molecule has 0 radical (unpaired) electrons. The van der Waals surface area contributed by atoms with E-state index in [4.69, 9.17) is 15.1 Å². The molecule has 100 valence electrons. The number of nitrogens with zero attached hydrogens (tertiary/aromatic N) is 1. The molecule has 0 aliphatic rings. The minimum Gasteiger partial charge on any atom is -0.486 e. The lowest BCUT2D eigenvalue weighted by molar-refractivity contribution is 0.0944. The largest absolute Gasteiger partial charge is 0.486 e. The van der Waals surface area contributed by atoms with Crippen LogP contribution in [0.25, 0.3) is 0 Å². The lowest BCUT2D eigenvalue weighted by atomic mass is 10.2. The van der Waals surface area contributed by atoms with Gasteiger partial charge in [-0.15, -0.1) is 0 Å². The number of carbonyl (C=O) groups excluding carboxylic acids is 1. The number of aromatic nitrogens is 1. The van der Waals surface area contributed by atoms with Gasteiger partial charge in [-0.05, 0) is 24.1 Å². The van der Waals surface area contributed by atoms with Crippen molar-refractivity contribution in [2.45, 2.75) is 20.0 Å². The summed E-state index contributed by atoms with van der Waals surface area (Å²) in [6, 6.07) is 9.28. The van der Waals surface area contributed by atoms with Gasteiger partial charge in [0.05, 0.1) is 0 Å². The molecule has 1 aromatic carbocycles. The molecular weight excluding hydrogens is 246 g/mol. The zero-order valence-corrected chi connectivity index (χ0v) is 10.6. The van der Waals surface area contributed by atoms with Crippen molar-refractivity contribution in [3.8, 4) is 5.75 Å². The third-order valence-corrected chi connectivity index (χ3v) is 2.64. The van der Waals surface area contributed by atoms with Crippen LogP contribution in [-0.4, -0.2) is 11.1 Å². The first-order chi connectivity index (χ1) is 9.22. The van der Waals surface area contributed by atoms with E-state index in [2.05, 4.69) is 12.1 Å². The molecule has 1 heterocycles. The zero-order chi connectivity index (χ0) is 13.7. The number of hydrogen-bond acceptors (Lipinski definition) is 5. The third kappa shape index (κ3) is 3.32. The Labute approximate surface area is 110 Å². The molecule has 0 aliphatic heterocycles. The second kappa shape index (κ2) is 6.01. The first-order valence-corrected chi connectivity index (χ1v) is 5.91. The summed E-state index contributed by atoms with van der Waals surface area (Å²) in [5.74, 6) is 5.69. The lowest BCUT2D eigenvalue weighted by Gasteiger charge is -2.04. The van der Waals surface area contributed by atoms with Crippen molar-refractivity contribution in [1.82, 2.24) is 10.6 Å². The van der Waals surface area contributed by atoms with Crippen LogP contribution >= 0.6 is 0 Å². The van der Waals surface area contributed by atoms with Gasteiger partial charge in [0.1, 0.15) is 12.4 Å². The molecule has 0 aliphatic carbocycles. The van der Waals surface area contributed by atoms with Gasteiger partial charge in [-0.25, -0.2) is 5.84 Å². The van der Waals surface area contributed by atoms with E-state index in [1.165, 1.54) is 11.6 Å². The summed E-state index contributed by atoms with van der Waals surface area (Å²) in [5.41, 5.74) is 3.35. The number of ether oxygens (including phenoxy) is 1. The van der Waals surface area contributed by atoms with Crippen LogP contribution in [0.5, 0.6) is 5.75 Å². The van der Waals surface area contributed by atoms with Gasteiger partial charge in [0.15, 0.2) is 11.5 Å². The Morgan fingerprint density at radius 3 is 2.79 bits per heavy atom. The smallest absolute Gasteiger partial charge is 0.287 e. The molecule has 0 fully saturated rings. The van der Waals surface area contributed by atoms with Gasteiger partial charge in [0.2, 0.25) is 0 Å². The Morgan fingerprint density at radius 1 is 1.42 bits per heavy atom. The molecule has 19 heavy (non-hydrogen) atoms. The van der Waals surface area contributed by atoms with Gasteiger partial charge in [0.25, 0.3) is 5.91 Å². The van der Waals surface area contributed by atoms with Crippen LogP contribution in [0.1, 0.15) is 28.7 Å². The highest BCUT2D eigenvalue weighted by molar-refractivity contribution is 5.91. The summed E-state index contributed by atoms with van der Waals surface area (Å²) in [4.78, 5) is 11.2. The van der Waals surface area contributed by atoms with Gasteiger partial charge < -0.3 is 9.26 Å². The number of benzene rings is 1. The number of nitrogens with one attached hydrogen (secondary N) is 1. The molecule has 3 N–H and O–H groups in total. The van der Waals surface area contributed by atoms with Crippen molar-refractivity contribution in [3.05, 3.63) is 47.3 Å². The Hall–Kier alpha value is -2.34. The van der Waals surface area contributed by atoms with Crippen LogP contribution in [0.4, 0.5) is 0 Å². The number of rotatable bonds is 5. The molecule has 0 atom stereocenters. The fourth-order valence-corrected chi connectivity index (χ4v) is 1.54. The highest BCUT2D eigenvalue weighted by atomic mass is 16.5. The van der Waals surface area contributed by atoms with Crippen LogP contribution in [0.2, 0.25) is 0 Å². The van der Waals surface area contributed by atoms with Gasteiger partial charge in [-0.1, -0.05) is 24.2 Å². The summed E-state index contributed by atoms with van der Waals surface area (Å²) < 4.78 is 10.5. The maximum absolute atomic E-state index is 11.2. The van der Waals surface area contributed by atoms with Gasteiger partial charge in [-0.2, -0.15) is 0 Å². The van der Waals surface area contributed by atoms with E-state index < -0.39 is 5.91 Å². The first kappa shape index (κ1) is 13.1. The van der Waals surface area contributed by atoms with E-state index in [1.54, 1.807) is 0 Å². The summed E-state index contributed by atoms with van der Waals surface area (Å²) in [7, 11) is 0. The van der Waals surface area contributed by atoms with Gasteiger partial charge in [0, 0.05) is 6.07 Å². The Kier molecular flexibility index (Phi) is 4.15. The fourth-order valence-electron chi connectivity index (χ4n) is 1.54. The maximum atomic E-state index is 11.2. The average Bonchev–Trinajstić information content (AvgIpc) is 2.93. The molecule has 6 nitrogen and oxygen atoms in total. The van der Waals surface area contributed by atoms with E-state index in [0.717, 1.165) is 12.2 Å². The van der Waals surface area contributed by atoms with Crippen LogP contribution in [0, 0.1) is 0 Å². The van der Waals surface area contributed by atoms with Crippen LogP contribution in [0.15, 0.2) is 34.9 Å². The Bertz CT molecular complexity index is 549. The molecule has 0 unspecified atom stereocenters. The zero-order valence-electron chi connectivity index (χ0n) is 10.6. The number of nitrogens with two attached hydrogens (primary N) is 1. The van der Waals surface area contributed by atoms with Crippen LogP contribution < -0.4 is 16.0 Å². The summed E-state index contributed by atoms with van der Waals surface area (Å²) >= 11 is 0. The lowest BCUT2D eigenvalue weighted by Crippen LogP contribution is -2.30. The predicted octanol–water partition coefficient (Wildman–Crippen LogP) is 1.42. The van der Waals surface area contributed by atoms with Crippen molar-refractivity contribution in [1.29, 1.82) is 0 Å². The molecule has 2 aromatic rings. The van der Waals surface area contributed by atoms with E-state index in [1.807, 2.05) is 29.7 Å². The minimum atomic E-state index is -0.498. The monoisotopic (exact) mass is 261 g/mol. The standard InChI is InChI=1S/C13H15N3O3/c1-2-9-3-5-10(6-4-9)18-8-11-7-12(16-19-11)13(17)15-14/h3-7H,2,8,14H2,1H3,(H,15,17). The van der Waals surface area contributed by atoms with Crippen molar-refractivity contribution in [2.75, 3.05) is 0 Å². The average molecular weight is 261 g/mol. The highest BCUT2D eigenvalue weighted by Gasteiger charge is 2.11. The number of hydrogen-bond donors (Lipinski definition) is 2. The molecule has 1 aromatic heterocycles. The molecule has 2 rings (SSSR count). The summed E-state index contributed by atoms with van der Waals surface area (Å²) in [6.45, 7) is 2.30. The van der Waals surface area contributed by atoms with E-state index >= 15 is 0 Å². The molecule has 6 heteroatoms. The SMILES string of the molecule is CCc1ccc(OCc2cc(C(=O)NN)no2)cc1. The second-order valence-corrected chi connectivity index (χ2v) is 3.94. The van der Waals surface area contributed by atoms with E-state index in [9.17, 15) is 4.79 Å². The molecule has 0 spiro atoms. The highest BCUT2D eigenvalue weighted by Crippen LogP contribution is 2.15. The fraction of sp³-hybridized carbons (Fsp3) is 0.231. The number of carbonyl (C=O) groups is 1. The topological polar surface area (TPSA) is 90.4 Å². The first-order valence-electron chi connectivity index (χ1n) is 5.91. The molecule has 0 bridgehead atoms. The summed E-state index contributed by atoms with van der Waals surface area (Å²) in [6.07, 6.45) is 0.986. The van der Waals surface area contributed by atoms with Crippen molar-refractivity contribution >= 4 is 5.91 Å². The number of nitrogen functional groups attached to an aromatic ring is 1. The van der Waals surface area contributed by atoms with E-state index in [-0.39, 0.29) is 12.3 Å². The maximum Gasteiger partial charge on any atom is 0.287 e. The predicted molar refractivity (Wildman–Crippen MR) is 68.3 cm³/mol. The quantitative estimate of drug-likeness (QED) is 0.482. The molecular formula is C13H15N3O3. The third-order valence-electron chi connectivity index (χ3n) is 2.64. The molecule has 0 saturated carbocycles. The molecule has 0 saturated heterocycles. The number of hydrazine groups is 1. The number of amides is 1. The van der Waals surface area contributed by atoms with Gasteiger partial charge >= 0.3 is 0 Å². The van der Waals surface area contributed by atoms with Gasteiger partial charge in [-0.3, -0.25) is 10.2 Å². The second-order valence-electron chi connectivity index (χ2n) is 3.94. The van der Waals surface area contributed by atoms with E-state index in [0.29, 0.717) is 5.76 Å². The van der Waals surface area contributed by atoms with Crippen molar-refractivity contribution in [2.24, 2.45) is 5.84 Å². The molecule has 1 amide bonds. The Morgan fingerprint density at radius 2 is 2.16 bits per heavy atom. The van der Waals surface area contributed by atoms with Crippen molar-refractivity contribution < 1.29 is 14.1 Å². The van der Waals surface area contributed by atoms with Crippen LogP contribution in [0.3, 0.4) is 0 Å². The van der Waals surface area contributed by atoms with Crippen LogP contribution in [-0.2, 0) is 13.0 Å². The minimum absolute atomic E-state index is 0.127. The number of aryl methyl sites for hydroxylation is 1. The Balaban J connectivity index is 1.94. The summed E-state index contributed by atoms with van der Waals surface area (Å²) in [5, 5.41) is 3.58. The van der Waals surface area contributed by atoms with Crippen molar-refractivity contribution in [3.63, 3.8) is 0 Å².